The Morgan fingerprint density at radius 2 is 1.49 bits per heavy atom. The Hall–Kier alpha value is -9.53. The Balaban J connectivity index is 0.816. The molecule has 2 aliphatic heterocycles. The molecule has 6 N–H and O–H groups in total. The van der Waals surface area contributed by atoms with Gasteiger partial charge in [-0.3, -0.25) is 28.7 Å². The van der Waals surface area contributed by atoms with Gasteiger partial charge < -0.3 is 40.1 Å². The summed E-state index contributed by atoms with van der Waals surface area (Å²) in [7, 11) is 0. The maximum absolute atomic E-state index is 13.8. The number of carboxylic acids is 1. The van der Waals surface area contributed by atoms with Crippen molar-refractivity contribution in [3.63, 3.8) is 0 Å². The fraction of sp³-hybridized carbons (Fsp3) is 0.203. The van der Waals surface area contributed by atoms with Crippen LogP contribution in [0.15, 0.2) is 146 Å². The number of aromatic hydroxyl groups is 1. The minimum atomic E-state index is -1.30. The van der Waals surface area contributed by atoms with Gasteiger partial charge in [0.25, 0.3) is 17.4 Å². The SMILES string of the molecule is CC[C@@H]1CC[C@H](n2cc(CC#CCNC(=O)c3ccc(CNC(=O)c4ccc(C(=O)O)c(-c5c6ccc(=O)cc-6oc6c(CNC(=O)OCC7c8ccccc8-c8ccccc87)c(O)ccc56)c4)cc3)c(=O)[nH]c2=O)O1. The van der Waals surface area contributed by atoms with E-state index in [1.54, 1.807) is 24.3 Å². The van der Waals surface area contributed by atoms with Crippen molar-refractivity contribution in [3.8, 4) is 51.2 Å². The van der Waals surface area contributed by atoms with Crippen molar-refractivity contribution in [2.75, 3.05) is 13.2 Å². The lowest BCUT2D eigenvalue weighted by Crippen LogP contribution is -2.34. The molecule has 4 aliphatic rings. The zero-order chi connectivity index (χ0) is 53.0. The predicted octanol–water partition coefficient (Wildman–Crippen LogP) is 7.85. The lowest BCUT2D eigenvalue weighted by molar-refractivity contribution is -0.00214. The number of phenolic OH excluding ortho intramolecular Hbond substituents is 1. The molecule has 5 aromatic carbocycles. The number of carboxylic acid groups (broad SMARTS) is 1. The summed E-state index contributed by atoms with van der Waals surface area (Å²) in [4.78, 5) is 92.9. The summed E-state index contributed by atoms with van der Waals surface area (Å²) in [6.07, 6.45) is 2.68. The number of phenols is 1. The summed E-state index contributed by atoms with van der Waals surface area (Å²) in [5, 5.41) is 30.3. The first kappa shape index (κ1) is 50.0. The maximum Gasteiger partial charge on any atom is 0.407 e. The molecule has 0 radical (unpaired) electrons. The molecule has 0 spiro atoms. The number of hydrogen-bond donors (Lipinski definition) is 6. The van der Waals surface area contributed by atoms with E-state index in [4.69, 9.17) is 13.9 Å². The Bertz CT molecular complexity index is 3780. The third-order valence-corrected chi connectivity index (χ3v) is 13.8. The fourth-order valence-electron chi connectivity index (χ4n) is 9.89. The number of amides is 3. The van der Waals surface area contributed by atoms with Crippen LogP contribution < -0.4 is 32.6 Å². The molecule has 1 saturated heterocycles. The van der Waals surface area contributed by atoms with E-state index >= 15 is 0 Å². The van der Waals surface area contributed by atoms with E-state index in [0.717, 1.165) is 35.1 Å². The van der Waals surface area contributed by atoms with Crippen molar-refractivity contribution in [2.45, 2.75) is 63.9 Å². The predicted molar refractivity (Wildman–Crippen MR) is 281 cm³/mol. The Kier molecular flexibility index (Phi) is 14.2. The monoisotopic (exact) mass is 1020 g/mol. The number of hydrogen-bond acceptors (Lipinski definition) is 11. The number of carbonyl (C=O) groups excluding carboxylic acids is 3. The van der Waals surface area contributed by atoms with Crippen LogP contribution >= 0.6 is 0 Å². The summed E-state index contributed by atoms with van der Waals surface area (Å²) < 4.78 is 19.3. The molecule has 17 nitrogen and oxygen atoms in total. The first-order valence-corrected chi connectivity index (χ1v) is 24.6. The number of ether oxygens (including phenoxy) is 2. The van der Waals surface area contributed by atoms with Crippen LogP contribution in [0.4, 0.5) is 4.79 Å². The van der Waals surface area contributed by atoms with Crippen LogP contribution in [0.25, 0.3) is 44.5 Å². The van der Waals surface area contributed by atoms with Gasteiger partial charge in [-0.2, -0.15) is 0 Å². The normalized spacial score (nSPS) is 14.6. The average molecular weight is 1020 g/mol. The van der Waals surface area contributed by atoms with E-state index in [1.807, 2.05) is 55.5 Å². The van der Waals surface area contributed by atoms with Gasteiger partial charge in [0.2, 0.25) is 0 Å². The molecule has 3 amide bonds. The van der Waals surface area contributed by atoms with Gasteiger partial charge in [0.15, 0.2) is 5.43 Å². The summed E-state index contributed by atoms with van der Waals surface area (Å²) in [6.45, 7) is 1.82. The molecule has 2 aliphatic carbocycles. The topological polar surface area (TPSA) is 248 Å². The molecule has 1 aromatic heterocycles. The number of aromatic amines is 1. The summed E-state index contributed by atoms with van der Waals surface area (Å²) in [5.74, 6) is 3.08. The standard InChI is InChI=1S/C59H49N5O12/c1-2-38-20-25-51(75-38)64-31-36(56(69)63-58(64)72)9-7-8-26-60-54(67)34-16-14-33(15-17-34)29-61-55(68)35-18-21-43(57(70)71)46(27-35)52-44-22-19-37(65)28-50(44)76-53-45(52)23-24-49(66)47(53)30-62-59(73)74-32-48-41-12-5-3-10-39(41)40-11-4-6-13-42(40)48/h3-6,10-19,21-24,27-28,31,38,48,51,66H,2,9,20,25-26,29-30,32H2,1H3,(H,60,67)(H,61,68)(H,62,73)(H,70,71)(H,63,69,72)/t38-,51-/m1/s1. The summed E-state index contributed by atoms with van der Waals surface area (Å²) in [6, 6.07) is 33.5. The van der Waals surface area contributed by atoms with Crippen LogP contribution in [0.2, 0.25) is 0 Å². The molecule has 0 bridgehead atoms. The minimum Gasteiger partial charge on any atom is -0.507 e. The molecule has 2 atom stereocenters. The third-order valence-electron chi connectivity index (χ3n) is 13.8. The lowest BCUT2D eigenvalue weighted by atomic mass is 9.88. The van der Waals surface area contributed by atoms with Crippen LogP contribution in [-0.4, -0.2) is 62.9 Å². The van der Waals surface area contributed by atoms with Crippen molar-refractivity contribution < 1.29 is 43.3 Å². The number of H-pyrrole nitrogens is 1. The van der Waals surface area contributed by atoms with Crippen molar-refractivity contribution in [3.05, 3.63) is 203 Å². The number of fused-ring (bicyclic) bond motifs is 5. The summed E-state index contributed by atoms with van der Waals surface area (Å²) >= 11 is 0. The molecule has 76 heavy (non-hydrogen) atoms. The fourth-order valence-corrected chi connectivity index (χ4v) is 9.89. The second-order valence-corrected chi connectivity index (χ2v) is 18.4. The highest BCUT2D eigenvalue weighted by Gasteiger charge is 2.31. The molecule has 1 fully saturated rings. The lowest BCUT2D eigenvalue weighted by Gasteiger charge is -2.19. The second-order valence-electron chi connectivity index (χ2n) is 18.4. The minimum absolute atomic E-state index is 0.00568. The number of aromatic carboxylic acids is 1. The van der Waals surface area contributed by atoms with Crippen LogP contribution in [-0.2, 0) is 29.0 Å². The van der Waals surface area contributed by atoms with Gasteiger partial charge in [-0.05, 0) is 107 Å². The maximum atomic E-state index is 13.8. The summed E-state index contributed by atoms with van der Waals surface area (Å²) in [5.41, 5.74) is 4.89. The van der Waals surface area contributed by atoms with Crippen molar-refractivity contribution in [1.82, 2.24) is 25.5 Å². The first-order chi connectivity index (χ1) is 36.8. The molecule has 10 rings (SSSR count). The second kappa shape index (κ2) is 21.5. The van der Waals surface area contributed by atoms with Crippen LogP contribution in [0.3, 0.4) is 0 Å². The van der Waals surface area contributed by atoms with E-state index < -0.39 is 46.8 Å². The van der Waals surface area contributed by atoms with Gasteiger partial charge in [0.05, 0.1) is 30.3 Å². The Labute approximate surface area is 433 Å². The molecule has 382 valence electrons. The molecular formula is C59H49N5O12. The quantitative estimate of drug-likeness (QED) is 0.0450. The molecule has 0 saturated carbocycles. The van der Waals surface area contributed by atoms with E-state index in [-0.39, 0.29) is 84.0 Å². The van der Waals surface area contributed by atoms with E-state index in [9.17, 15) is 43.8 Å². The number of aromatic nitrogens is 2. The zero-order valence-electron chi connectivity index (χ0n) is 40.9. The highest BCUT2D eigenvalue weighted by molar-refractivity contribution is 6.10. The number of rotatable bonds is 14. The Morgan fingerprint density at radius 3 is 2.21 bits per heavy atom. The van der Waals surface area contributed by atoms with E-state index in [0.29, 0.717) is 39.6 Å². The van der Waals surface area contributed by atoms with Crippen LogP contribution in [0.5, 0.6) is 5.75 Å². The van der Waals surface area contributed by atoms with E-state index in [1.165, 1.54) is 59.3 Å². The van der Waals surface area contributed by atoms with Gasteiger partial charge in [-0.1, -0.05) is 79.4 Å². The average Bonchev–Trinajstić information content (AvgIpc) is 4.10. The van der Waals surface area contributed by atoms with Crippen LogP contribution in [0, 0.1) is 11.8 Å². The van der Waals surface area contributed by atoms with Gasteiger partial charge in [-0.25, -0.2) is 14.4 Å². The number of nitrogens with zero attached hydrogens (tertiary/aromatic N) is 1. The van der Waals surface area contributed by atoms with E-state index in [2.05, 4.69) is 32.8 Å². The molecular weight excluding hydrogens is 971 g/mol. The number of alkyl carbamates (subject to hydrolysis) is 1. The highest BCUT2D eigenvalue weighted by atomic mass is 16.5. The first-order valence-electron chi connectivity index (χ1n) is 24.6. The number of benzene rings is 6. The van der Waals surface area contributed by atoms with Crippen LogP contribution in [0.1, 0.15) is 97.2 Å². The smallest absolute Gasteiger partial charge is 0.407 e. The van der Waals surface area contributed by atoms with Crippen molar-refractivity contribution >= 4 is 34.8 Å². The van der Waals surface area contributed by atoms with Gasteiger partial charge in [0.1, 0.15) is 29.9 Å². The van der Waals surface area contributed by atoms with Crippen molar-refractivity contribution in [2.24, 2.45) is 0 Å². The van der Waals surface area contributed by atoms with Crippen molar-refractivity contribution in [1.29, 1.82) is 0 Å². The number of nitrogens with one attached hydrogen (secondary N) is 4. The number of carbonyl (C=O) groups is 4. The van der Waals surface area contributed by atoms with Gasteiger partial charge >= 0.3 is 17.8 Å². The van der Waals surface area contributed by atoms with Gasteiger partial charge in [-0.15, -0.1) is 0 Å². The molecule has 0 unspecified atom stereocenters. The molecule has 17 heteroatoms. The highest BCUT2D eigenvalue weighted by Crippen LogP contribution is 2.46. The zero-order valence-corrected chi connectivity index (χ0v) is 40.9. The molecule has 6 aromatic rings. The van der Waals surface area contributed by atoms with Gasteiger partial charge in [0, 0.05) is 64.4 Å². The largest absolute Gasteiger partial charge is 0.507 e. The molecule has 3 heterocycles. The Morgan fingerprint density at radius 1 is 0.763 bits per heavy atom. The third kappa shape index (κ3) is 10.2.